The van der Waals surface area contributed by atoms with Crippen molar-refractivity contribution in [2.24, 2.45) is 0 Å². The van der Waals surface area contributed by atoms with Gasteiger partial charge in [0.05, 0.1) is 17.8 Å². The fourth-order valence-electron chi connectivity index (χ4n) is 5.99. The Morgan fingerprint density at radius 3 is 2.59 bits per heavy atom. The largest absolute Gasteiger partial charge is 0.481 e. The lowest BCUT2D eigenvalue weighted by Gasteiger charge is -2.20. The molecule has 1 saturated heterocycles. The number of aryl methyl sites for hydroxylation is 1. The van der Waals surface area contributed by atoms with Crippen molar-refractivity contribution in [1.29, 1.82) is 0 Å². The molecule has 0 spiro atoms. The number of rotatable bonds is 8. The molecule has 6 rings (SSSR count). The van der Waals surface area contributed by atoms with Crippen molar-refractivity contribution in [3.63, 3.8) is 0 Å². The zero-order valence-electron chi connectivity index (χ0n) is 24.2. The van der Waals surface area contributed by atoms with E-state index in [1.165, 1.54) is 0 Å². The van der Waals surface area contributed by atoms with E-state index in [9.17, 15) is 19.2 Å². The SMILES string of the molecule is COc1nc(-c2cccc(-c3cccc(NC(=O)c4c[nH]c(=O)[nH]c4=O)c3C)c2Cl)cc2c1C(NCC1CCC(=O)N1)CC2. The second-order valence-corrected chi connectivity index (χ2v) is 11.4. The van der Waals surface area contributed by atoms with Gasteiger partial charge in [-0.15, -0.1) is 0 Å². The van der Waals surface area contributed by atoms with Crippen molar-refractivity contribution in [2.75, 3.05) is 19.0 Å². The maximum atomic E-state index is 12.8. The molecule has 2 atom stereocenters. The first-order valence-corrected chi connectivity index (χ1v) is 14.7. The van der Waals surface area contributed by atoms with Gasteiger partial charge in [-0.25, -0.2) is 9.78 Å². The number of hydrogen-bond acceptors (Lipinski definition) is 7. The van der Waals surface area contributed by atoms with Crippen LogP contribution in [0, 0.1) is 6.92 Å². The number of nitrogens with one attached hydrogen (secondary N) is 5. The summed E-state index contributed by atoms with van der Waals surface area (Å²) in [6.07, 6.45) is 4.23. The van der Waals surface area contributed by atoms with Gasteiger partial charge in [-0.2, -0.15) is 0 Å². The Kier molecular flexibility index (Phi) is 8.07. The van der Waals surface area contributed by atoms with E-state index in [2.05, 4.69) is 32.0 Å². The Bertz CT molecular complexity index is 1900. The molecule has 0 bridgehead atoms. The molecule has 2 aliphatic rings. The Labute approximate surface area is 257 Å². The topological polar surface area (TPSA) is 158 Å². The number of fused-ring (bicyclic) bond motifs is 1. The van der Waals surface area contributed by atoms with E-state index in [0.29, 0.717) is 35.2 Å². The number of ether oxygens (including phenoxy) is 1. The van der Waals surface area contributed by atoms with Gasteiger partial charge in [0.2, 0.25) is 11.8 Å². The van der Waals surface area contributed by atoms with Crippen molar-refractivity contribution < 1.29 is 14.3 Å². The molecule has 0 radical (unpaired) electrons. The van der Waals surface area contributed by atoms with E-state index in [1.54, 1.807) is 19.2 Å². The molecule has 2 unspecified atom stereocenters. The highest BCUT2D eigenvalue weighted by molar-refractivity contribution is 6.36. The second-order valence-electron chi connectivity index (χ2n) is 11.0. The number of halogens is 1. The summed E-state index contributed by atoms with van der Waals surface area (Å²) in [6, 6.07) is 13.4. The van der Waals surface area contributed by atoms with Gasteiger partial charge in [0.1, 0.15) is 5.56 Å². The monoisotopic (exact) mass is 614 g/mol. The second kappa shape index (κ2) is 12.1. The Morgan fingerprint density at radius 2 is 1.84 bits per heavy atom. The zero-order chi connectivity index (χ0) is 31.0. The van der Waals surface area contributed by atoms with Crippen LogP contribution in [-0.4, -0.2) is 46.5 Å². The summed E-state index contributed by atoms with van der Waals surface area (Å²) < 4.78 is 5.77. The summed E-state index contributed by atoms with van der Waals surface area (Å²) in [7, 11) is 1.61. The molecular weight excluding hydrogens is 584 g/mol. The van der Waals surface area contributed by atoms with Crippen LogP contribution in [0.1, 0.15) is 52.4 Å². The van der Waals surface area contributed by atoms with Gasteiger partial charge in [0.25, 0.3) is 11.5 Å². The van der Waals surface area contributed by atoms with Crippen molar-refractivity contribution in [3.05, 3.63) is 96.8 Å². The number of amides is 2. The quantitative estimate of drug-likeness (QED) is 0.201. The van der Waals surface area contributed by atoms with Crippen molar-refractivity contribution in [2.45, 2.75) is 44.7 Å². The summed E-state index contributed by atoms with van der Waals surface area (Å²) in [6.45, 7) is 2.54. The number of carbonyl (C=O) groups excluding carboxylic acids is 2. The number of aromatic nitrogens is 3. The molecule has 11 nitrogen and oxygen atoms in total. The Morgan fingerprint density at radius 1 is 1.07 bits per heavy atom. The predicted molar refractivity (Wildman–Crippen MR) is 167 cm³/mol. The number of carbonyl (C=O) groups is 2. The molecule has 2 aromatic carbocycles. The van der Waals surface area contributed by atoms with Crippen LogP contribution in [0.5, 0.6) is 5.88 Å². The van der Waals surface area contributed by atoms with E-state index >= 15 is 0 Å². The number of anilines is 1. The van der Waals surface area contributed by atoms with Gasteiger partial charge < -0.3 is 25.7 Å². The number of hydrogen-bond donors (Lipinski definition) is 5. The third-order valence-electron chi connectivity index (χ3n) is 8.26. The van der Waals surface area contributed by atoms with Gasteiger partial charge in [-0.3, -0.25) is 19.4 Å². The van der Waals surface area contributed by atoms with Crippen LogP contribution >= 0.6 is 11.6 Å². The van der Waals surface area contributed by atoms with E-state index in [0.717, 1.165) is 58.8 Å². The van der Waals surface area contributed by atoms with Crippen LogP contribution in [0.25, 0.3) is 22.4 Å². The molecule has 1 fully saturated rings. The van der Waals surface area contributed by atoms with Gasteiger partial charge in [-0.05, 0) is 55.0 Å². The summed E-state index contributed by atoms with van der Waals surface area (Å²) in [5.74, 6) is -0.0129. The fourth-order valence-corrected chi connectivity index (χ4v) is 6.31. The molecular formula is C32H31ClN6O5. The van der Waals surface area contributed by atoms with E-state index in [1.807, 2.05) is 31.2 Å². The highest BCUT2D eigenvalue weighted by Gasteiger charge is 2.30. The van der Waals surface area contributed by atoms with Crippen LogP contribution < -0.4 is 31.9 Å². The van der Waals surface area contributed by atoms with Gasteiger partial charge in [0, 0.05) is 53.6 Å². The summed E-state index contributed by atoms with van der Waals surface area (Å²) in [5.41, 5.74) is 4.70. The molecule has 3 heterocycles. The smallest absolute Gasteiger partial charge is 0.325 e. The molecule has 226 valence electrons. The third-order valence-corrected chi connectivity index (χ3v) is 8.67. The summed E-state index contributed by atoms with van der Waals surface area (Å²) >= 11 is 7.05. The average molecular weight is 615 g/mol. The molecule has 0 saturated carbocycles. The normalized spacial score (nSPS) is 17.3. The standard InChI is InChI=1S/C32H31ClN6O5/c1-16-19(5-4-8-23(16)37-29(41)22-15-35-32(43)39-30(22)42)20-6-3-7-21(28(20)33)25-13-17-9-11-24(27(17)31(38-25)44-2)34-14-18-10-12-26(40)36-18/h3-8,13,15,18,24,34H,9-12,14H2,1-2H3,(H,36,40)(H,37,41)(H2,35,39,42,43). The number of benzene rings is 2. The maximum absolute atomic E-state index is 12.8. The van der Waals surface area contributed by atoms with Crippen LogP contribution in [0.4, 0.5) is 5.69 Å². The first-order chi connectivity index (χ1) is 21.2. The highest BCUT2D eigenvalue weighted by atomic mass is 35.5. The molecule has 2 aromatic heterocycles. The van der Waals surface area contributed by atoms with Gasteiger partial charge in [0.15, 0.2) is 0 Å². The maximum Gasteiger partial charge on any atom is 0.325 e. The first-order valence-electron chi connectivity index (χ1n) is 14.4. The van der Waals surface area contributed by atoms with Crippen LogP contribution in [-0.2, 0) is 11.2 Å². The van der Waals surface area contributed by atoms with Gasteiger partial charge in [-0.1, -0.05) is 41.9 Å². The van der Waals surface area contributed by atoms with E-state index in [4.69, 9.17) is 21.3 Å². The molecule has 5 N–H and O–H groups in total. The number of nitrogens with zero attached hydrogens (tertiary/aromatic N) is 1. The number of pyridine rings is 1. The molecule has 4 aromatic rings. The lowest BCUT2D eigenvalue weighted by atomic mass is 9.96. The summed E-state index contributed by atoms with van der Waals surface area (Å²) in [4.78, 5) is 57.1. The predicted octanol–water partition coefficient (Wildman–Crippen LogP) is 3.87. The Hall–Kier alpha value is -4.74. The third kappa shape index (κ3) is 5.63. The van der Waals surface area contributed by atoms with Gasteiger partial charge >= 0.3 is 5.69 Å². The minimum atomic E-state index is -0.780. The van der Waals surface area contributed by atoms with Crippen molar-refractivity contribution in [3.8, 4) is 28.3 Å². The minimum absolute atomic E-state index is 0.0770. The first kappa shape index (κ1) is 29.3. The lowest BCUT2D eigenvalue weighted by Crippen LogP contribution is -2.36. The van der Waals surface area contributed by atoms with Crippen LogP contribution in [0.3, 0.4) is 0 Å². The van der Waals surface area contributed by atoms with E-state index in [-0.39, 0.29) is 23.6 Å². The Balaban J connectivity index is 1.29. The van der Waals surface area contributed by atoms with Crippen molar-refractivity contribution in [1.82, 2.24) is 25.6 Å². The highest BCUT2D eigenvalue weighted by Crippen LogP contribution is 2.43. The number of methoxy groups -OCH3 is 1. The van der Waals surface area contributed by atoms with E-state index < -0.39 is 17.2 Å². The fraction of sp³-hybridized carbons (Fsp3) is 0.281. The minimum Gasteiger partial charge on any atom is -0.481 e. The molecule has 1 aliphatic carbocycles. The van der Waals surface area contributed by atoms with Crippen molar-refractivity contribution >= 4 is 29.1 Å². The molecule has 12 heteroatoms. The molecule has 44 heavy (non-hydrogen) atoms. The summed E-state index contributed by atoms with van der Waals surface area (Å²) in [5, 5.41) is 9.85. The van der Waals surface area contributed by atoms with Crippen LogP contribution in [0.15, 0.2) is 58.3 Å². The molecule has 2 amide bonds. The zero-order valence-corrected chi connectivity index (χ0v) is 24.9. The lowest BCUT2D eigenvalue weighted by molar-refractivity contribution is -0.119. The number of H-pyrrole nitrogens is 2. The molecule has 1 aliphatic heterocycles. The number of aromatic amines is 2. The average Bonchev–Trinajstić information content (AvgIpc) is 3.62. The van der Waals surface area contributed by atoms with Crippen LogP contribution in [0.2, 0.25) is 5.02 Å².